The highest BCUT2D eigenvalue weighted by Gasteiger charge is 2.46. The predicted octanol–water partition coefficient (Wildman–Crippen LogP) is -1.94. The molecular formula is C29H34O15. The molecule has 0 bridgehead atoms. The first kappa shape index (κ1) is 32.1. The first-order chi connectivity index (χ1) is 21.0. The molecule has 9 N–H and O–H groups in total. The van der Waals surface area contributed by atoms with E-state index in [1.807, 2.05) is 0 Å². The first-order valence-corrected chi connectivity index (χ1v) is 13.8. The molecule has 15 heteroatoms. The second-order valence-corrected chi connectivity index (χ2v) is 10.6. The summed E-state index contributed by atoms with van der Waals surface area (Å²) in [6.45, 7) is -1.37. The van der Waals surface area contributed by atoms with Crippen molar-refractivity contribution in [3.05, 3.63) is 59.4 Å². The molecule has 2 saturated heterocycles. The number of phenolic OH excluding ortho intramolecular Hbond substituents is 1. The summed E-state index contributed by atoms with van der Waals surface area (Å²) in [6, 6.07) is 10.8. The van der Waals surface area contributed by atoms with Crippen molar-refractivity contribution in [1.29, 1.82) is 0 Å². The zero-order valence-corrected chi connectivity index (χ0v) is 23.1. The normalized spacial score (nSPS) is 32.5. The van der Waals surface area contributed by atoms with Crippen molar-refractivity contribution < 1.29 is 74.1 Å². The van der Waals surface area contributed by atoms with Crippen LogP contribution in [0.1, 0.15) is 21.7 Å². The standard InChI is InChI=1S/C29H34O15/c30-10-19-21(33)23(35)25(37)28(42-19)41-16-7-8-17-15(14(16)6-3-12-1-4-13(32)5-2-12)9-18(40-17)27(39)44-29-26(38)24(36)22(34)20(11-31)43-29/h1-2,4-5,7-9,19-26,28-38H,3,6,10-11H2/t19-,20+,21-,22+,23+,24+,25-,26-,28-,29+/m1/s1. The van der Waals surface area contributed by atoms with Gasteiger partial charge in [0.2, 0.25) is 18.3 Å². The van der Waals surface area contributed by atoms with Crippen molar-refractivity contribution in [1.82, 2.24) is 0 Å². The van der Waals surface area contributed by atoms with E-state index in [0.29, 0.717) is 17.4 Å². The zero-order chi connectivity index (χ0) is 31.7. The van der Waals surface area contributed by atoms with Crippen LogP contribution in [0.2, 0.25) is 0 Å². The molecule has 0 saturated carbocycles. The van der Waals surface area contributed by atoms with E-state index >= 15 is 0 Å². The van der Waals surface area contributed by atoms with E-state index in [-0.39, 0.29) is 29.3 Å². The van der Waals surface area contributed by atoms with Gasteiger partial charge in [-0.2, -0.15) is 0 Å². The minimum atomic E-state index is -1.82. The molecule has 0 amide bonds. The van der Waals surface area contributed by atoms with Crippen LogP contribution >= 0.6 is 0 Å². The van der Waals surface area contributed by atoms with E-state index in [2.05, 4.69) is 0 Å². The van der Waals surface area contributed by atoms with Gasteiger partial charge >= 0.3 is 5.97 Å². The average Bonchev–Trinajstić information content (AvgIpc) is 3.46. The van der Waals surface area contributed by atoms with Gasteiger partial charge in [-0.15, -0.1) is 0 Å². The van der Waals surface area contributed by atoms with Crippen LogP contribution in [0.5, 0.6) is 11.5 Å². The van der Waals surface area contributed by atoms with Gasteiger partial charge in [-0.05, 0) is 48.7 Å². The fraction of sp³-hybridized carbons (Fsp3) is 0.483. The highest BCUT2D eigenvalue weighted by molar-refractivity contribution is 5.94. The number of esters is 1. The minimum absolute atomic E-state index is 0.0832. The van der Waals surface area contributed by atoms with Gasteiger partial charge in [0.1, 0.15) is 65.9 Å². The Hall–Kier alpha value is -3.35. The van der Waals surface area contributed by atoms with Gasteiger partial charge in [-0.3, -0.25) is 0 Å². The number of furan rings is 1. The summed E-state index contributed by atoms with van der Waals surface area (Å²) in [6.07, 6.45) is -15.2. The van der Waals surface area contributed by atoms with Gasteiger partial charge < -0.3 is 69.3 Å². The molecule has 10 atom stereocenters. The number of phenols is 1. The molecule has 2 aliphatic rings. The fourth-order valence-electron chi connectivity index (χ4n) is 5.17. The highest BCUT2D eigenvalue weighted by Crippen LogP contribution is 2.35. The third kappa shape index (κ3) is 6.38. The van der Waals surface area contributed by atoms with Crippen LogP contribution < -0.4 is 4.74 Å². The van der Waals surface area contributed by atoms with Crippen LogP contribution in [0.15, 0.2) is 46.9 Å². The summed E-state index contributed by atoms with van der Waals surface area (Å²) in [4.78, 5) is 13.0. The number of carbonyl (C=O) groups excluding carboxylic acids is 1. The van der Waals surface area contributed by atoms with E-state index in [9.17, 15) is 50.8 Å². The second kappa shape index (κ2) is 13.3. The molecule has 0 radical (unpaired) electrons. The Morgan fingerprint density at radius 1 is 0.727 bits per heavy atom. The fourth-order valence-corrected chi connectivity index (χ4v) is 5.17. The SMILES string of the molecule is O=C(O[C@@H]1O[C@@H](CO)[C@H](O)[C@H](O)[C@H]1O)c1cc2c(CCc3ccc(O)cc3)c(O[C@@H]3O[C@H](CO)[C@@H](O)[C@H](O)[C@H]3O)ccc2o1. The van der Waals surface area contributed by atoms with E-state index in [0.717, 1.165) is 5.56 Å². The van der Waals surface area contributed by atoms with Gasteiger partial charge in [0, 0.05) is 10.9 Å². The third-order valence-electron chi connectivity index (χ3n) is 7.73. The van der Waals surface area contributed by atoms with Crippen LogP contribution in [0.3, 0.4) is 0 Å². The van der Waals surface area contributed by atoms with Gasteiger partial charge in [-0.25, -0.2) is 4.79 Å². The van der Waals surface area contributed by atoms with E-state index in [1.165, 1.54) is 30.3 Å². The van der Waals surface area contributed by atoms with Crippen LogP contribution in [-0.2, 0) is 27.1 Å². The number of rotatable bonds is 9. The van der Waals surface area contributed by atoms with Gasteiger partial charge in [0.25, 0.3) is 0 Å². The van der Waals surface area contributed by atoms with Crippen molar-refractivity contribution >= 4 is 16.9 Å². The molecule has 3 aromatic rings. The van der Waals surface area contributed by atoms with E-state index in [1.54, 1.807) is 12.1 Å². The van der Waals surface area contributed by atoms with Crippen LogP contribution in [-0.4, -0.2) is 127 Å². The van der Waals surface area contributed by atoms with Gasteiger partial charge in [-0.1, -0.05) is 12.1 Å². The maximum absolute atomic E-state index is 13.0. The maximum atomic E-state index is 13.0. The predicted molar refractivity (Wildman–Crippen MR) is 145 cm³/mol. The summed E-state index contributed by atoms with van der Waals surface area (Å²) >= 11 is 0. The lowest BCUT2D eigenvalue weighted by Gasteiger charge is -2.39. The van der Waals surface area contributed by atoms with Crippen molar-refractivity contribution in [2.75, 3.05) is 13.2 Å². The summed E-state index contributed by atoms with van der Waals surface area (Å²) in [5.41, 5.74) is 1.53. The van der Waals surface area contributed by atoms with Crippen molar-refractivity contribution in [2.45, 2.75) is 74.3 Å². The Bertz CT molecular complexity index is 1420. The van der Waals surface area contributed by atoms with Crippen LogP contribution in [0, 0.1) is 0 Å². The maximum Gasteiger partial charge on any atom is 0.376 e. The number of aryl methyl sites for hydroxylation is 2. The summed E-state index contributed by atoms with van der Waals surface area (Å²) in [5, 5.41) is 90.0. The molecule has 240 valence electrons. The molecule has 2 aromatic carbocycles. The van der Waals surface area contributed by atoms with Crippen molar-refractivity contribution in [2.24, 2.45) is 0 Å². The molecule has 1 aromatic heterocycles. The first-order valence-electron chi connectivity index (χ1n) is 13.8. The number of aliphatic hydroxyl groups is 8. The monoisotopic (exact) mass is 622 g/mol. The van der Waals surface area contributed by atoms with Crippen molar-refractivity contribution in [3.8, 4) is 11.5 Å². The largest absolute Gasteiger partial charge is 0.508 e. The smallest absolute Gasteiger partial charge is 0.376 e. The Balaban J connectivity index is 1.44. The Morgan fingerprint density at radius 3 is 1.93 bits per heavy atom. The number of aromatic hydroxyl groups is 1. The molecule has 44 heavy (non-hydrogen) atoms. The number of benzene rings is 2. The van der Waals surface area contributed by atoms with Crippen LogP contribution in [0.4, 0.5) is 0 Å². The molecular weight excluding hydrogens is 588 g/mol. The molecule has 2 fully saturated rings. The van der Waals surface area contributed by atoms with Gasteiger partial charge in [0.15, 0.2) is 0 Å². The Kier molecular flexibility index (Phi) is 9.71. The highest BCUT2D eigenvalue weighted by atomic mass is 16.7. The quantitative estimate of drug-likeness (QED) is 0.118. The lowest BCUT2D eigenvalue weighted by molar-refractivity contribution is -0.285. The molecule has 15 nitrogen and oxygen atoms in total. The lowest BCUT2D eigenvalue weighted by Crippen LogP contribution is -2.60. The second-order valence-electron chi connectivity index (χ2n) is 10.6. The lowest BCUT2D eigenvalue weighted by atomic mass is 9.98. The van der Waals surface area contributed by atoms with E-state index < -0.39 is 80.6 Å². The molecule has 0 spiro atoms. The number of ether oxygens (including phenoxy) is 4. The number of carbonyl (C=O) groups is 1. The summed E-state index contributed by atoms with van der Waals surface area (Å²) in [5.74, 6) is -1.17. The van der Waals surface area contributed by atoms with Gasteiger partial charge in [0.05, 0.1) is 13.2 Å². The average molecular weight is 623 g/mol. The van der Waals surface area contributed by atoms with Crippen molar-refractivity contribution in [3.63, 3.8) is 0 Å². The molecule has 0 unspecified atom stereocenters. The topological polar surface area (TPSA) is 249 Å². The molecule has 5 rings (SSSR count). The van der Waals surface area contributed by atoms with E-state index in [4.69, 9.17) is 23.4 Å². The number of fused-ring (bicyclic) bond motifs is 1. The summed E-state index contributed by atoms with van der Waals surface area (Å²) < 4.78 is 27.6. The van der Waals surface area contributed by atoms with Crippen LogP contribution in [0.25, 0.3) is 11.0 Å². The molecule has 0 aliphatic carbocycles. The Labute approximate surface area is 249 Å². The number of hydrogen-bond donors (Lipinski definition) is 9. The molecule has 2 aliphatic heterocycles. The molecule has 3 heterocycles. The minimum Gasteiger partial charge on any atom is -0.508 e. The number of hydrogen-bond acceptors (Lipinski definition) is 15. The summed E-state index contributed by atoms with van der Waals surface area (Å²) in [7, 11) is 0. The Morgan fingerprint density at radius 2 is 1.32 bits per heavy atom. The number of aliphatic hydroxyl groups excluding tert-OH is 8. The third-order valence-corrected chi connectivity index (χ3v) is 7.73. The zero-order valence-electron chi connectivity index (χ0n) is 23.1.